The van der Waals surface area contributed by atoms with Crippen LogP contribution in [0.4, 0.5) is 13.2 Å². The van der Waals surface area contributed by atoms with Gasteiger partial charge in [-0.2, -0.15) is 0 Å². The fourth-order valence-electron chi connectivity index (χ4n) is 10.2. The molecule has 1 unspecified atom stereocenters. The second-order valence-electron chi connectivity index (χ2n) is 14.3. The molecule has 5 nitrogen and oxygen atoms in total. The van der Waals surface area contributed by atoms with Gasteiger partial charge in [0.05, 0.1) is 7.11 Å². The number of esters is 1. The number of ketones is 1. The maximum Gasteiger partial charge on any atom is 0.303 e. The first-order chi connectivity index (χ1) is 19.7. The summed E-state index contributed by atoms with van der Waals surface area (Å²) in [7, 11) is 1.46. The first-order valence-electron chi connectivity index (χ1n) is 15.8. The average molecular weight is 593 g/mol. The fraction of sp³-hybridized carbons (Fsp3) is 0.765. The van der Waals surface area contributed by atoms with E-state index in [9.17, 15) is 19.1 Å². The largest absolute Gasteiger partial charge is 0.496 e. The summed E-state index contributed by atoms with van der Waals surface area (Å²) in [5.41, 5.74) is -0.0326. The Morgan fingerprint density at radius 1 is 1.07 bits per heavy atom. The standard InChI is InChI=1S/C34H47F3O5/c1-19(7-6-8-28(42-20(2)38)22-10-9-21(35)17-29(22)41-5)23-11-12-24-30-25(13-15-32(23,24)3)33(4)16-14-27(39)31(40)26(33)18-34(30,36)37/h9-10,17,19,23-28,30,39H,6-8,11-16,18H2,1-5H3/t19-,23-,24+,25+,26+,27+,28?,30+,32-,33-/m1/s1. The van der Waals surface area contributed by atoms with Gasteiger partial charge < -0.3 is 14.6 Å². The molecule has 0 spiro atoms. The van der Waals surface area contributed by atoms with Crippen LogP contribution >= 0.6 is 0 Å². The Hall–Kier alpha value is -2.09. The molecule has 0 amide bonds. The summed E-state index contributed by atoms with van der Waals surface area (Å²) in [4.78, 5) is 24.8. The highest BCUT2D eigenvalue weighted by atomic mass is 19.3. The van der Waals surface area contributed by atoms with E-state index in [1.54, 1.807) is 6.07 Å². The lowest BCUT2D eigenvalue weighted by Crippen LogP contribution is -2.63. The van der Waals surface area contributed by atoms with Gasteiger partial charge in [0.1, 0.15) is 23.8 Å². The first-order valence-corrected chi connectivity index (χ1v) is 15.8. The van der Waals surface area contributed by atoms with Crippen LogP contribution in [0, 0.1) is 52.2 Å². The number of benzene rings is 1. The van der Waals surface area contributed by atoms with Gasteiger partial charge in [0.15, 0.2) is 5.78 Å². The Kier molecular flexibility index (Phi) is 8.54. The number of hydrogen-bond acceptors (Lipinski definition) is 5. The summed E-state index contributed by atoms with van der Waals surface area (Å²) < 4.78 is 56.9. The number of alkyl halides is 2. The molecule has 0 radical (unpaired) electrons. The van der Waals surface area contributed by atoms with Crippen molar-refractivity contribution >= 4 is 11.8 Å². The van der Waals surface area contributed by atoms with Gasteiger partial charge in [0.2, 0.25) is 0 Å². The zero-order valence-electron chi connectivity index (χ0n) is 25.6. The third-order valence-electron chi connectivity index (χ3n) is 12.2. The molecule has 234 valence electrons. The van der Waals surface area contributed by atoms with Crippen LogP contribution in [0.25, 0.3) is 0 Å². The van der Waals surface area contributed by atoms with Crippen LogP contribution in [0.1, 0.15) is 104 Å². The number of Topliss-reactive ketones (excluding diaryl/α,β-unsaturated/α-hetero) is 1. The number of ether oxygens (including phenoxy) is 2. The number of fused-ring (bicyclic) bond motifs is 5. The van der Waals surface area contributed by atoms with Gasteiger partial charge in [0.25, 0.3) is 5.92 Å². The van der Waals surface area contributed by atoms with Gasteiger partial charge in [-0.25, -0.2) is 13.2 Å². The molecule has 4 aliphatic rings. The van der Waals surface area contributed by atoms with E-state index in [4.69, 9.17) is 9.47 Å². The van der Waals surface area contributed by atoms with Crippen molar-refractivity contribution in [2.75, 3.05) is 7.11 Å². The zero-order chi connectivity index (χ0) is 30.6. The minimum absolute atomic E-state index is 0.0873. The highest BCUT2D eigenvalue weighted by molar-refractivity contribution is 5.87. The Labute approximate surface area is 247 Å². The molecule has 4 saturated carbocycles. The molecule has 1 aromatic rings. The van der Waals surface area contributed by atoms with Gasteiger partial charge in [-0.3, -0.25) is 9.59 Å². The number of carbonyl (C=O) groups excluding carboxylic acids is 2. The van der Waals surface area contributed by atoms with E-state index < -0.39 is 53.6 Å². The quantitative estimate of drug-likeness (QED) is 0.314. The lowest BCUT2D eigenvalue weighted by atomic mass is 9.43. The first kappa shape index (κ1) is 31.3. The minimum Gasteiger partial charge on any atom is -0.496 e. The van der Waals surface area contributed by atoms with Gasteiger partial charge >= 0.3 is 5.97 Å². The summed E-state index contributed by atoms with van der Waals surface area (Å²) in [6.07, 6.45) is 4.38. The smallest absolute Gasteiger partial charge is 0.303 e. The van der Waals surface area contributed by atoms with Gasteiger partial charge in [-0.15, -0.1) is 0 Å². The maximum atomic E-state index is 16.1. The molecule has 0 bridgehead atoms. The number of hydrogen-bond donors (Lipinski definition) is 1. The van der Waals surface area contributed by atoms with Crippen LogP contribution in [-0.2, 0) is 14.3 Å². The lowest BCUT2D eigenvalue weighted by molar-refractivity contribution is -0.233. The molecule has 5 rings (SSSR count). The maximum absolute atomic E-state index is 16.1. The fourth-order valence-corrected chi connectivity index (χ4v) is 10.2. The SMILES string of the molecule is COc1cc(F)ccc1C(CCC[C@@H](C)[C@H]1CC[C@H]2[C@H]3[C@H](CC[C@]12C)[C@@]1(C)CC[C@H](O)C(=O)[C@@H]1CC3(F)F)OC(C)=O. The third-order valence-corrected chi connectivity index (χ3v) is 12.2. The van der Waals surface area contributed by atoms with Crippen LogP contribution in [0.3, 0.4) is 0 Å². The van der Waals surface area contributed by atoms with Crippen molar-refractivity contribution in [1.29, 1.82) is 0 Å². The van der Waals surface area contributed by atoms with Crippen molar-refractivity contribution < 1.29 is 37.3 Å². The summed E-state index contributed by atoms with van der Waals surface area (Å²) in [6, 6.07) is 4.23. The molecule has 1 N–H and O–H groups in total. The molecular formula is C34H47F3O5. The van der Waals surface area contributed by atoms with E-state index >= 15 is 8.78 Å². The van der Waals surface area contributed by atoms with Crippen LogP contribution in [0.15, 0.2) is 18.2 Å². The molecule has 8 heteroatoms. The van der Waals surface area contributed by atoms with Gasteiger partial charge in [-0.05, 0) is 98.0 Å². The molecule has 0 aliphatic heterocycles. The van der Waals surface area contributed by atoms with Crippen molar-refractivity contribution in [3.8, 4) is 5.75 Å². The molecule has 10 atom stereocenters. The summed E-state index contributed by atoms with van der Waals surface area (Å²) in [6.45, 7) is 7.85. The Morgan fingerprint density at radius 2 is 1.76 bits per heavy atom. The molecule has 4 fully saturated rings. The zero-order valence-corrected chi connectivity index (χ0v) is 25.6. The number of aliphatic hydroxyl groups excluding tert-OH is 1. The van der Waals surface area contributed by atoms with Crippen molar-refractivity contribution in [2.45, 2.75) is 110 Å². The van der Waals surface area contributed by atoms with Crippen LogP contribution in [0.2, 0.25) is 0 Å². The summed E-state index contributed by atoms with van der Waals surface area (Å²) >= 11 is 0. The average Bonchev–Trinajstić information content (AvgIpc) is 3.28. The molecule has 4 aliphatic carbocycles. The number of aliphatic hydroxyl groups is 1. The van der Waals surface area contributed by atoms with E-state index in [2.05, 4.69) is 13.8 Å². The highest BCUT2D eigenvalue weighted by Crippen LogP contribution is 2.70. The molecule has 42 heavy (non-hydrogen) atoms. The van der Waals surface area contributed by atoms with Crippen molar-refractivity contribution in [3.05, 3.63) is 29.6 Å². The Bertz CT molecular complexity index is 1190. The third kappa shape index (κ3) is 5.28. The second kappa shape index (κ2) is 11.4. The molecule has 0 aromatic heterocycles. The van der Waals surface area contributed by atoms with E-state index in [1.165, 1.54) is 26.2 Å². The van der Waals surface area contributed by atoms with E-state index in [-0.39, 0.29) is 23.0 Å². The second-order valence-corrected chi connectivity index (χ2v) is 14.3. The number of rotatable bonds is 8. The van der Waals surface area contributed by atoms with Gasteiger partial charge in [0, 0.05) is 36.8 Å². The monoisotopic (exact) mass is 592 g/mol. The predicted octanol–water partition coefficient (Wildman–Crippen LogP) is 7.69. The Balaban J connectivity index is 1.29. The molecule has 0 saturated heterocycles. The summed E-state index contributed by atoms with van der Waals surface area (Å²) in [5, 5.41) is 10.2. The molecule has 0 heterocycles. The van der Waals surface area contributed by atoms with Crippen molar-refractivity contribution in [2.24, 2.45) is 46.3 Å². The van der Waals surface area contributed by atoms with Crippen molar-refractivity contribution in [3.63, 3.8) is 0 Å². The lowest BCUT2D eigenvalue weighted by Gasteiger charge is -2.62. The molecular weight excluding hydrogens is 545 g/mol. The molecule has 1 aromatic carbocycles. The van der Waals surface area contributed by atoms with E-state index in [0.29, 0.717) is 48.8 Å². The number of carbonyl (C=O) groups is 2. The normalized spacial score (nSPS) is 38.5. The number of halogens is 3. The predicted molar refractivity (Wildman–Crippen MR) is 152 cm³/mol. The summed E-state index contributed by atoms with van der Waals surface area (Å²) in [5.74, 6) is -4.96. The van der Waals surface area contributed by atoms with E-state index in [0.717, 1.165) is 32.1 Å². The van der Waals surface area contributed by atoms with Gasteiger partial charge in [-0.1, -0.05) is 27.2 Å². The highest BCUT2D eigenvalue weighted by Gasteiger charge is 2.69. The topological polar surface area (TPSA) is 72.8 Å². The van der Waals surface area contributed by atoms with Crippen molar-refractivity contribution in [1.82, 2.24) is 0 Å². The number of methoxy groups -OCH3 is 1. The minimum atomic E-state index is -2.92. The van der Waals surface area contributed by atoms with Crippen LogP contribution < -0.4 is 4.74 Å². The Morgan fingerprint density at radius 3 is 2.45 bits per heavy atom. The van der Waals surface area contributed by atoms with Crippen LogP contribution in [-0.4, -0.2) is 36.0 Å². The van der Waals surface area contributed by atoms with E-state index in [1.807, 2.05) is 6.92 Å². The van der Waals surface area contributed by atoms with Crippen LogP contribution in [0.5, 0.6) is 5.75 Å².